The molecular weight excluding hydrogens is 420 g/mol. The van der Waals surface area contributed by atoms with Crippen molar-refractivity contribution in [2.45, 2.75) is 37.1 Å². The fourth-order valence-corrected chi connectivity index (χ4v) is 4.80. The Labute approximate surface area is 184 Å². The van der Waals surface area contributed by atoms with Crippen LogP contribution in [0.25, 0.3) is 0 Å². The highest BCUT2D eigenvalue weighted by Gasteiger charge is 2.29. The SMILES string of the molecule is COCCCNC(=O)CN1CCN(C(=O)c2cc(S(=O)(=O)NC3CC3)ccc2C)CC1. The molecule has 0 unspecified atom stereocenters. The fourth-order valence-electron chi connectivity index (χ4n) is 3.47. The van der Waals surface area contributed by atoms with Crippen molar-refractivity contribution < 1.29 is 22.7 Å². The molecule has 0 radical (unpaired) electrons. The first-order valence-corrected chi connectivity index (χ1v) is 12.2. The van der Waals surface area contributed by atoms with Gasteiger partial charge in [0.2, 0.25) is 15.9 Å². The van der Waals surface area contributed by atoms with E-state index in [-0.39, 0.29) is 22.8 Å². The molecule has 2 amide bonds. The number of aryl methyl sites for hydroxylation is 1. The van der Waals surface area contributed by atoms with E-state index in [1.54, 1.807) is 24.1 Å². The number of methoxy groups -OCH3 is 1. The van der Waals surface area contributed by atoms with Crippen molar-refractivity contribution in [3.63, 3.8) is 0 Å². The van der Waals surface area contributed by atoms with E-state index in [9.17, 15) is 18.0 Å². The summed E-state index contributed by atoms with van der Waals surface area (Å²) in [5, 5.41) is 2.87. The second kappa shape index (κ2) is 10.5. The molecule has 1 saturated heterocycles. The highest BCUT2D eigenvalue weighted by Crippen LogP contribution is 2.24. The molecule has 0 aromatic heterocycles. The van der Waals surface area contributed by atoms with E-state index < -0.39 is 10.0 Å². The monoisotopic (exact) mass is 452 g/mol. The Kier molecular flexibility index (Phi) is 8.04. The first kappa shape index (κ1) is 23.6. The maximum Gasteiger partial charge on any atom is 0.254 e. The highest BCUT2D eigenvalue weighted by molar-refractivity contribution is 7.89. The van der Waals surface area contributed by atoms with Gasteiger partial charge in [0.15, 0.2) is 0 Å². The molecule has 0 atom stereocenters. The van der Waals surface area contributed by atoms with Crippen LogP contribution in [0.4, 0.5) is 0 Å². The van der Waals surface area contributed by atoms with Crippen LogP contribution >= 0.6 is 0 Å². The van der Waals surface area contributed by atoms with Gasteiger partial charge in [0.1, 0.15) is 0 Å². The Balaban J connectivity index is 1.54. The maximum absolute atomic E-state index is 13.1. The van der Waals surface area contributed by atoms with E-state index >= 15 is 0 Å². The van der Waals surface area contributed by atoms with Crippen molar-refractivity contribution in [2.24, 2.45) is 0 Å². The zero-order valence-electron chi connectivity index (χ0n) is 18.2. The molecule has 9 nitrogen and oxygen atoms in total. The number of hydrogen-bond donors (Lipinski definition) is 2. The van der Waals surface area contributed by atoms with E-state index in [4.69, 9.17) is 4.74 Å². The summed E-state index contributed by atoms with van der Waals surface area (Å²) in [4.78, 5) is 29.0. The summed E-state index contributed by atoms with van der Waals surface area (Å²) in [5.74, 6) is -0.211. The van der Waals surface area contributed by atoms with E-state index in [1.807, 2.05) is 11.8 Å². The lowest BCUT2D eigenvalue weighted by Crippen LogP contribution is -2.51. The molecule has 31 heavy (non-hydrogen) atoms. The van der Waals surface area contributed by atoms with Crippen molar-refractivity contribution in [3.05, 3.63) is 29.3 Å². The second-order valence-corrected chi connectivity index (χ2v) is 9.85. The van der Waals surface area contributed by atoms with Crippen LogP contribution < -0.4 is 10.0 Å². The van der Waals surface area contributed by atoms with E-state index in [0.29, 0.717) is 51.4 Å². The average molecular weight is 453 g/mol. The van der Waals surface area contributed by atoms with Gasteiger partial charge in [-0.25, -0.2) is 13.1 Å². The predicted octanol–water partition coefficient (Wildman–Crippen LogP) is 0.346. The Morgan fingerprint density at radius 2 is 1.87 bits per heavy atom. The third-order valence-corrected chi connectivity index (χ3v) is 7.04. The number of amides is 2. The molecule has 1 aromatic carbocycles. The van der Waals surface area contributed by atoms with Crippen molar-refractivity contribution in [1.82, 2.24) is 19.8 Å². The molecule has 1 aliphatic carbocycles. The number of ether oxygens (including phenoxy) is 1. The van der Waals surface area contributed by atoms with Crippen LogP contribution in [-0.2, 0) is 19.6 Å². The fraction of sp³-hybridized carbons (Fsp3) is 0.619. The standard InChI is InChI=1S/C21H32N4O5S/c1-16-4-7-18(31(28,29)23-17-5-6-17)14-19(16)21(27)25-11-9-24(10-12-25)15-20(26)22-8-3-13-30-2/h4,7,14,17,23H,3,5-6,8-13,15H2,1-2H3,(H,22,26). The molecule has 2 fully saturated rings. The van der Waals surface area contributed by atoms with Gasteiger partial charge in [0.05, 0.1) is 11.4 Å². The van der Waals surface area contributed by atoms with Crippen LogP contribution in [0.2, 0.25) is 0 Å². The van der Waals surface area contributed by atoms with Gasteiger partial charge in [-0.2, -0.15) is 0 Å². The number of carbonyl (C=O) groups is 2. The Morgan fingerprint density at radius 1 is 1.16 bits per heavy atom. The summed E-state index contributed by atoms with van der Waals surface area (Å²) in [6.45, 7) is 5.48. The molecular formula is C21H32N4O5S. The minimum atomic E-state index is -3.62. The minimum Gasteiger partial charge on any atom is -0.385 e. The zero-order valence-corrected chi connectivity index (χ0v) is 19.0. The zero-order chi connectivity index (χ0) is 22.4. The van der Waals surface area contributed by atoms with Gasteiger partial charge < -0.3 is 15.0 Å². The van der Waals surface area contributed by atoms with Gasteiger partial charge in [-0.15, -0.1) is 0 Å². The minimum absolute atomic E-state index is 0.00992. The summed E-state index contributed by atoms with van der Waals surface area (Å²) < 4.78 is 32.6. The lowest BCUT2D eigenvalue weighted by atomic mass is 10.1. The molecule has 10 heteroatoms. The van der Waals surface area contributed by atoms with Gasteiger partial charge in [-0.3, -0.25) is 14.5 Å². The number of hydrogen-bond acceptors (Lipinski definition) is 6. The van der Waals surface area contributed by atoms with Crippen LogP contribution in [0, 0.1) is 6.92 Å². The largest absolute Gasteiger partial charge is 0.385 e. The predicted molar refractivity (Wildman–Crippen MR) is 116 cm³/mol. The van der Waals surface area contributed by atoms with E-state index in [2.05, 4.69) is 10.0 Å². The van der Waals surface area contributed by atoms with Gasteiger partial charge >= 0.3 is 0 Å². The van der Waals surface area contributed by atoms with Crippen molar-refractivity contribution in [3.8, 4) is 0 Å². The summed E-state index contributed by atoms with van der Waals surface area (Å²) in [6.07, 6.45) is 2.48. The number of sulfonamides is 1. The molecule has 1 aromatic rings. The maximum atomic E-state index is 13.1. The molecule has 172 valence electrons. The van der Waals surface area contributed by atoms with E-state index in [0.717, 1.165) is 24.8 Å². The third kappa shape index (κ3) is 6.73. The number of rotatable bonds is 10. The summed E-state index contributed by atoms with van der Waals surface area (Å²) in [6, 6.07) is 4.71. The topological polar surface area (TPSA) is 108 Å². The number of nitrogens with one attached hydrogen (secondary N) is 2. The summed E-state index contributed by atoms with van der Waals surface area (Å²) in [5.41, 5.74) is 1.15. The normalized spacial score (nSPS) is 17.5. The smallest absolute Gasteiger partial charge is 0.254 e. The Hall–Kier alpha value is -2.01. The lowest BCUT2D eigenvalue weighted by Gasteiger charge is -2.34. The molecule has 2 N–H and O–H groups in total. The van der Waals surface area contributed by atoms with Gasteiger partial charge in [-0.1, -0.05) is 6.07 Å². The van der Waals surface area contributed by atoms with Gasteiger partial charge in [0, 0.05) is 58.0 Å². The van der Waals surface area contributed by atoms with Crippen LogP contribution in [0.15, 0.2) is 23.1 Å². The average Bonchev–Trinajstić information content (AvgIpc) is 3.55. The van der Waals surface area contributed by atoms with Gasteiger partial charge in [0.25, 0.3) is 5.91 Å². The van der Waals surface area contributed by atoms with Crippen LogP contribution in [0.1, 0.15) is 35.2 Å². The third-order valence-electron chi connectivity index (χ3n) is 5.52. The molecule has 2 aliphatic rings. The van der Waals surface area contributed by atoms with E-state index in [1.165, 1.54) is 6.07 Å². The number of carbonyl (C=O) groups excluding carboxylic acids is 2. The molecule has 1 saturated carbocycles. The van der Waals surface area contributed by atoms with Crippen LogP contribution in [-0.4, -0.2) is 89.1 Å². The van der Waals surface area contributed by atoms with Crippen molar-refractivity contribution in [2.75, 3.05) is 53.0 Å². The number of nitrogens with zero attached hydrogens (tertiary/aromatic N) is 2. The van der Waals surface area contributed by atoms with Crippen molar-refractivity contribution >= 4 is 21.8 Å². The summed E-state index contributed by atoms with van der Waals surface area (Å²) >= 11 is 0. The van der Waals surface area contributed by atoms with Gasteiger partial charge in [-0.05, 0) is 43.9 Å². The lowest BCUT2D eigenvalue weighted by molar-refractivity contribution is -0.122. The first-order chi connectivity index (χ1) is 14.8. The molecule has 3 rings (SSSR count). The summed E-state index contributed by atoms with van der Waals surface area (Å²) in [7, 11) is -1.99. The second-order valence-electron chi connectivity index (χ2n) is 8.14. The Morgan fingerprint density at radius 3 is 2.52 bits per heavy atom. The van der Waals surface area contributed by atoms with Crippen LogP contribution in [0.5, 0.6) is 0 Å². The Bertz CT molecular complexity index is 893. The highest BCUT2D eigenvalue weighted by atomic mass is 32.2. The molecule has 0 spiro atoms. The van der Waals surface area contributed by atoms with Crippen LogP contribution in [0.3, 0.4) is 0 Å². The number of piperazine rings is 1. The molecule has 0 bridgehead atoms. The quantitative estimate of drug-likeness (QED) is 0.496. The number of benzene rings is 1. The first-order valence-electron chi connectivity index (χ1n) is 10.7. The molecule has 1 aliphatic heterocycles. The molecule has 1 heterocycles. The van der Waals surface area contributed by atoms with Crippen molar-refractivity contribution in [1.29, 1.82) is 0 Å².